The summed E-state index contributed by atoms with van der Waals surface area (Å²) in [5, 5.41) is 2.94. The van der Waals surface area contributed by atoms with Crippen LogP contribution in [0.4, 0.5) is 10.5 Å². The first kappa shape index (κ1) is 35.5. The third-order valence-corrected chi connectivity index (χ3v) is 9.80. The minimum atomic E-state index is -0.610. The zero-order chi connectivity index (χ0) is 36.7. The van der Waals surface area contributed by atoms with E-state index in [0.29, 0.717) is 38.6 Å². The van der Waals surface area contributed by atoms with Crippen LogP contribution >= 0.6 is 35.0 Å². The normalized spacial score (nSPS) is 13.8. The van der Waals surface area contributed by atoms with Crippen molar-refractivity contribution in [1.82, 2.24) is 23.6 Å². The summed E-state index contributed by atoms with van der Waals surface area (Å²) in [5.74, 6) is -0.680. The maximum Gasteiger partial charge on any atom is 0.332 e. The lowest BCUT2D eigenvalue weighted by atomic mass is 10.1. The van der Waals surface area contributed by atoms with Gasteiger partial charge in [0.1, 0.15) is 6.54 Å². The van der Waals surface area contributed by atoms with Crippen molar-refractivity contribution in [3.8, 4) is 17.5 Å². The molecule has 1 aliphatic heterocycles. The van der Waals surface area contributed by atoms with Crippen LogP contribution in [-0.2, 0) is 30.2 Å². The van der Waals surface area contributed by atoms with Gasteiger partial charge in [0.15, 0.2) is 22.7 Å². The van der Waals surface area contributed by atoms with Crippen LogP contribution < -0.4 is 26.0 Å². The van der Waals surface area contributed by atoms with E-state index in [9.17, 15) is 24.0 Å². The molecule has 51 heavy (non-hydrogen) atoms. The van der Waals surface area contributed by atoms with Crippen LogP contribution in [0.5, 0.6) is 17.5 Å². The summed E-state index contributed by atoms with van der Waals surface area (Å²) >= 11 is 13.3. The van der Waals surface area contributed by atoms with Crippen LogP contribution in [0.25, 0.3) is 17.2 Å². The topological polar surface area (TPSA) is 147 Å². The van der Waals surface area contributed by atoms with Crippen molar-refractivity contribution in [3.05, 3.63) is 113 Å². The predicted octanol–water partition coefficient (Wildman–Crippen LogP) is 5.88. The van der Waals surface area contributed by atoms with Gasteiger partial charge in [-0.1, -0.05) is 41.4 Å². The highest BCUT2D eigenvalue weighted by Gasteiger charge is 2.36. The first-order valence-electron chi connectivity index (χ1n) is 15.3. The number of imidazole rings is 1. The van der Waals surface area contributed by atoms with Gasteiger partial charge in [0.2, 0.25) is 5.91 Å². The fraction of sp³-hybridized carbons (Fsp3) is 0.200. The zero-order valence-electron chi connectivity index (χ0n) is 27.9. The number of carbonyl (C=O) groups excluding carboxylic acids is 3. The SMILES string of the molecule is COc1cc(/C=C2/SC(=O)N(CC(=O)Nc3ccc(C)c(C)c3)C2=O)ccc1Oc1nc2c(c(=O)n(C)c(=O)n2C)n1Cc1ccc(Cl)cc1Cl. The number of halogens is 2. The number of aromatic nitrogens is 4. The number of carbonyl (C=O) groups is 3. The quantitative estimate of drug-likeness (QED) is 0.183. The lowest BCUT2D eigenvalue weighted by Gasteiger charge is -2.14. The molecule has 262 valence electrons. The van der Waals surface area contributed by atoms with Crippen molar-refractivity contribution in [2.75, 3.05) is 19.0 Å². The molecule has 3 aromatic carbocycles. The number of fused-ring (bicyclic) bond motifs is 1. The highest BCUT2D eigenvalue weighted by molar-refractivity contribution is 8.18. The van der Waals surface area contributed by atoms with Gasteiger partial charge >= 0.3 is 11.7 Å². The predicted molar refractivity (Wildman–Crippen MR) is 196 cm³/mol. The number of aryl methyl sites for hydroxylation is 3. The fourth-order valence-electron chi connectivity index (χ4n) is 5.38. The van der Waals surface area contributed by atoms with E-state index in [2.05, 4.69) is 10.3 Å². The summed E-state index contributed by atoms with van der Waals surface area (Å²) in [6.07, 6.45) is 1.51. The molecule has 3 amide bonds. The molecule has 0 aliphatic carbocycles. The van der Waals surface area contributed by atoms with Gasteiger partial charge in [0, 0.05) is 29.8 Å². The van der Waals surface area contributed by atoms with Gasteiger partial charge in [-0.15, -0.1) is 0 Å². The number of hydrogen-bond acceptors (Lipinski definition) is 9. The number of benzene rings is 3. The Morgan fingerprint density at radius 3 is 2.41 bits per heavy atom. The standard InChI is InChI=1S/C35H30Cl2N6O7S/c1-18-6-10-23(12-19(18)2)38-28(44)17-43-31(45)27(51-35(43)48)14-20-7-11-25(26(13-20)49-5)50-33-39-30-29(32(46)41(4)34(47)40(30)3)42(33)16-21-8-9-22(36)15-24(21)37/h6-15H,16-17H2,1-5H3,(H,38,44)/b27-14+. The molecule has 1 N–H and O–H groups in total. The lowest BCUT2D eigenvalue weighted by Crippen LogP contribution is -2.37. The molecule has 5 aromatic rings. The molecule has 2 aromatic heterocycles. The molecule has 0 unspecified atom stereocenters. The number of thioether (sulfide) groups is 1. The second-order valence-electron chi connectivity index (χ2n) is 11.7. The number of anilines is 1. The number of imide groups is 1. The highest BCUT2D eigenvalue weighted by atomic mass is 35.5. The average molecular weight is 750 g/mol. The summed E-state index contributed by atoms with van der Waals surface area (Å²) in [4.78, 5) is 70.2. The van der Waals surface area contributed by atoms with Gasteiger partial charge in [-0.2, -0.15) is 4.98 Å². The summed E-state index contributed by atoms with van der Waals surface area (Å²) in [5.41, 5.74) is 2.79. The van der Waals surface area contributed by atoms with E-state index in [-0.39, 0.29) is 40.1 Å². The number of hydrogen-bond donors (Lipinski definition) is 1. The third-order valence-electron chi connectivity index (χ3n) is 8.31. The van der Waals surface area contributed by atoms with E-state index < -0.39 is 34.8 Å². The van der Waals surface area contributed by atoms with Gasteiger partial charge in [0.25, 0.3) is 16.7 Å². The third kappa shape index (κ3) is 7.02. The largest absolute Gasteiger partial charge is 0.493 e. The number of nitrogens with zero attached hydrogens (tertiary/aromatic N) is 5. The Balaban J connectivity index is 1.28. The molecule has 1 aliphatic rings. The molecule has 0 saturated carbocycles. The molecular weight excluding hydrogens is 719 g/mol. The number of methoxy groups -OCH3 is 1. The molecule has 13 nitrogen and oxygen atoms in total. The first-order chi connectivity index (χ1) is 24.2. The maximum absolute atomic E-state index is 13.4. The summed E-state index contributed by atoms with van der Waals surface area (Å²) in [7, 11) is 4.29. The van der Waals surface area contributed by atoms with Crippen molar-refractivity contribution in [2.24, 2.45) is 14.1 Å². The molecular formula is C35H30Cl2N6O7S. The van der Waals surface area contributed by atoms with Crippen molar-refractivity contribution in [2.45, 2.75) is 20.4 Å². The smallest absolute Gasteiger partial charge is 0.332 e. The van der Waals surface area contributed by atoms with Gasteiger partial charge in [-0.25, -0.2) is 4.79 Å². The Bertz CT molecular complexity index is 2430. The van der Waals surface area contributed by atoms with Gasteiger partial charge in [0.05, 0.1) is 18.6 Å². The summed E-state index contributed by atoms with van der Waals surface area (Å²) < 4.78 is 15.5. The number of amides is 3. The zero-order valence-corrected chi connectivity index (χ0v) is 30.3. The first-order valence-corrected chi connectivity index (χ1v) is 16.9. The van der Waals surface area contributed by atoms with Crippen molar-refractivity contribution in [1.29, 1.82) is 0 Å². The van der Waals surface area contributed by atoms with Crippen LogP contribution in [0.2, 0.25) is 10.0 Å². The van der Waals surface area contributed by atoms with E-state index in [1.54, 1.807) is 42.5 Å². The number of ether oxygens (including phenoxy) is 2. The maximum atomic E-state index is 13.4. The Kier molecular flexibility index (Phi) is 9.84. The van der Waals surface area contributed by atoms with E-state index in [0.717, 1.165) is 20.6 Å². The van der Waals surface area contributed by atoms with Crippen LogP contribution in [0.1, 0.15) is 22.3 Å². The summed E-state index contributed by atoms with van der Waals surface area (Å²) in [6.45, 7) is 3.48. The lowest BCUT2D eigenvalue weighted by molar-refractivity contribution is -0.127. The molecule has 1 fully saturated rings. The van der Waals surface area contributed by atoms with E-state index in [4.69, 9.17) is 32.7 Å². The van der Waals surface area contributed by atoms with Crippen LogP contribution in [0, 0.1) is 13.8 Å². The van der Waals surface area contributed by atoms with Crippen molar-refractivity contribution < 1.29 is 23.9 Å². The van der Waals surface area contributed by atoms with Crippen molar-refractivity contribution >= 4 is 74.9 Å². The highest BCUT2D eigenvalue weighted by Crippen LogP contribution is 2.37. The molecule has 0 atom stereocenters. The molecule has 0 spiro atoms. The second-order valence-corrected chi connectivity index (χ2v) is 13.6. The van der Waals surface area contributed by atoms with Crippen LogP contribution in [0.15, 0.2) is 69.1 Å². The monoisotopic (exact) mass is 748 g/mol. The van der Waals surface area contributed by atoms with Crippen molar-refractivity contribution in [3.63, 3.8) is 0 Å². The minimum Gasteiger partial charge on any atom is -0.493 e. The molecule has 1 saturated heterocycles. The van der Waals surface area contributed by atoms with Gasteiger partial charge in [-0.3, -0.25) is 37.8 Å². The second kappa shape index (κ2) is 14.1. The van der Waals surface area contributed by atoms with Crippen LogP contribution in [-0.4, -0.2) is 54.3 Å². The molecule has 6 rings (SSSR count). The van der Waals surface area contributed by atoms with Gasteiger partial charge in [-0.05, 0) is 90.3 Å². The molecule has 3 heterocycles. The molecule has 0 radical (unpaired) electrons. The summed E-state index contributed by atoms with van der Waals surface area (Å²) in [6, 6.07) is 15.2. The Morgan fingerprint density at radius 1 is 0.941 bits per heavy atom. The van der Waals surface area contributed by atoms with Crippen LogP contribution in [0.3, 0.4) is 0 Å². The van der Waals surface area contributed by atoms with Gasteiger partial charge < -0.3 is 14.8 Å². The Labute approximate surface area is 305 Å². The molecule has 16 heteroatoms. The fourth-order valence-corrected chi connectivity index (χ4v) is 6.69. The van der Waals surface area contributed by atoms with E-state index in [1.807, 2.05) is 26.0 Å². The number of nitrogens with one attached hydrogen (secondary N) is 1. The number of rotatable bonds is 9. The molecule has 0 bridgehead atoms. The average Bonchev–Trinajstić information content (AvgIpc) is 3.57. The van der Waals surface area contributed by atoms with E-state index >= 15 is 0 Å². The minimum absolute atomic E-state index is 0.0273. The van der Waals surface area contributed by atoms with E-state index in [1.165, 1.54) is 36.4 Å². The Hall–Kier alpha value is -5.31. The Morgan fingerprint density at radius 2 is 1.71 bits per heavy atom.